The lowest BCUT2D eigenvalue weighted by Gasteiger charge is -2.32. The van der Waals surface area contributed by atoms with Crippen LogP contribution >= 0.6 is 23.7 Å². The van der Waals surface area contributed by atoms with Crippen LogP contribution in [0.25, 0.3) is 10.4 Å². The van der Waals surface area contributed by atoms with Crippen molar-refractivity contribution in [2.75, 3.05) is 6.54 Å². The van der Waals surface area contributed by atoms with E-state index in [1.165, 1.54) is 4.90 Å². The number of hydrogen-bond acceptors (Lipinski definition) is 6. The third-order valence-electron chi connectivity index (χ3n) is 5.49. The van der Waals surface area contributed by atoms with Crippen molar-refractivity contribution in [2.24, 2.45) is 11.1 Å². The zero-order valence-corrected chi connectivity index (χ0v) is 19.9. The van der Waals surface area contributed by atoms with Crippen LogP contribution < -0.4 is 11.1 Å². The number of aliphatic hydroxyl groups is 1. The number of aromatic nitrogens is 1. The molecule has 1 unspecified atom stereocenters. The quantitative estimate of drug-likeness (QED) is 0.627. The number of thiazole rings is 1. The normalized spacial score (nSPS) is 19.6. The number of nitrogens with zero attached hydrogens (tertiary/aromatic N) is 2. The molecule has 3 atom stereocenters. The Morgan fingerprint density at radius 3 is 2.52 bits per heavy atom. The molecule has 1 aliphatic rings. The Bertz CT molecular complexity index is 910. The van der Waals surface area contributed by atoms with Gasteiger partial charge in [-0.25, -0.2) is 4.98 Å². The smallest absolute Gasteiger partial charge is 0.243 e. The van der Waals surface area contributed by atoms with Gasteiger partial charge in [-0.05, 0) is 23.5 Å². The van der Waals surface area contributed by atoms with Gasteiger partial charge in [-0.1, -0.05) is 45.0 Å². The lowest BCUT2D eigenvalue weighted by molar-refractivity contribution is -0.141. The Hall–Kier alpha value is -2.00. The molecule has 0 aliphatic carbocycles. The number of benzene rings is 1. The Labute approximate surface area is 193 Å². The number of amides is 2. The molecular formula is C22H31ClN4O3S. The zero-order valence-electron chi connectivity index (χ0n) is 18.3. The number of aryl methyl sites for hydroxylation is 1. The first-order valence-electron chi connectivity index (χ1n) is 10.1. The summed E-state index contributed by atoms with van der Waals surface area (Å²) in [5.41, 5.74) is 10.6. The van der Waals surface area contributed by atoms with E-state index in [0.29, 0.717) is 6.54 Å². The number of nitrogens with two attached hydrogens (primary N) is 1. The fourth-order valence-electron chi connectivity index (χ4n) is 3.51. The van der Waals surface area contributed by atoms with Gasteiger partial charge in [0, 0.05) is 19.5 Å². The maximum absolute atomic E-state index is 12.8. The molecule has 2 aromatic rings. The standard InChI is InChI=1S/C22H30N4O3S.ClH/c1-13-18(30-12-25-13)15-7-5-14(6-8-15)10-24-20(28)17-9-16(27)11-26(17)21(29)19(23)22(2,3)4;/h5-8,12,16-17,19,27H,9-11,23H2,1-4H3,(H,24,28);1H/t16-,17-,19?;/m1./s1. The zero-order chi connectivity index (χ0) is 22.1. The minimum atomic E-state index is -0.735. The van der Waals surface area contributed by atoms with E-state index in [-0.39, 0.29) is 37.2 Å². The highest BCUT2D eigenvalue weighted by Gasteiger charge is 2.42. The van der Waals surface area contributed by atoms with Crippen molar-refractivity contribution in [3.63, 3.8) is 0 Å². The Kier molecular flexibility index (Phi) is 8.21. The molecule has 2 heterocycles. The number of likely N-dealkylation sites (tertiary alicyclic amines) is 1. The van der Waals surface area contributed by atoms with Crippen LogP contribution in [0.4, 0.5) is 0 Å². The fourth-order valence-corrected chi connectivity index (χ4v) is 4.33. The van der Waals surface area contributed by atoms with Crippen LogP contribution in [0.5, 0.6) is 0 Å². The molecule has 1 aromatic carbocycles. The molecule has 1 aliphatic heterocycles. The number of halogens is 1. The summed E-state index contributed by atoms with van der Waals surface area (Å²) in [5.74, 6) is -0.577. The summed E-state index contributed by atoms with van der Waals surface area (Å²) < 4.78 is 0. The molecule has 4 N–H and O–H groups in total. The van der Waals surface area contributed by atoms with Gasteiger partial charge in [-0.2, -0.15) is 0 Å². The molecule has 1 fully saturated rings. The molecule has 9 heteroatoms. The van der Waals surface area contributed by atoms with Crippen molar-refractivity contribution in [3.8, 4) is 10.4 Å². The largest absolute Gasteiger partial charge is 0.391 e. The van der Waals surface area contributed by atoms with Crippen LogP contribution in [0.2, 0.25) is 0 Å². The van der Waals surface area contributed by atoms with Crippen LogP contribution in [-0.4, -0.2) is 51.5 Å². The molecule has 1 saturated heterocycles. The summed E-state index contributed by atoms with van der Waals surface area (Å²) in [6.07, 6.45) is -0.503. The Morgan fingerprint density at radius 1 is 1.32 bits per heavy atom. The second-order valence-electron chi connectivity index (χ2n) is 8.92. The molecule has 0 radical (unpaired) electrons. The Balaban J connectivity index is 0.00000341. The van der Waals surface area contributed by atoms with Crippen molar-refractivity contribution < 1.29 is 14.7 Å². The first-order chi connectivity index (χ1) is 14.1. The summed E-state index contributed by atoms with van der Waals surface area (Å²) in [4.78, 5) is 32.4. The van der Waals surface area contributed by atoms with E-state index in [4.69, 9.17) is 5.73 Å². The number of aliphatic hydroxyl groups excluding tert-OH is 1. The van der Waals surface area contributed by atoms with Gasteiger partial charge in [0.15, 0.2) is 0 Å². The number of hydrogen-bond donors (Lipinski definition) is 3. The molecule has 0 saturated carbocycles. The maximum atomic E-state index is 12.8. The predicted molar refractivity (Wildman–Crippen MR) is 125 cm³/mol. The molecule has 170 valence electrons. The molecule has 31 heavy (non-hydrogen) atoms. The SMILES string of the molecule is Cc1ncsc1-c1ccc(CNC(=O)[C@H]2C[C@@H](O)CN2C(=O)C(N)C(C)(C)C)cc1.Cl. The van der Waals surface area contributed by atoms with E-state index in [9.17, 15) is 14.7 Å². The number of rotatable bonds is 5. The average molecular weight is 467 g/mol. The van der Waals surface area contributed by atoms with Gasteiger partial charge in [0.1, 0.15) is 6.04 Å². The maximum Gasteiger partial charge on any atom is 0.243 e. The predicted octanol–water partition coefficient (Wildman–Crippen LogP) is 2.49. The van der Waals surface area contributed by atoms with Gasteiger partial charge in [0.25, 0.3) is 0 Å². The summed E-state index contributed by atoms with van der Waals surface area (Å²) in [5, 5.41) is 13.0. The number of β-amino-alcohol motifs (C(OH)–C–C–N with tert-alkyl or cyclic N) is 1. The van der Waals surface area contributed by atoms with E-state index in [2.05, 4.69) is 10.3 Å². The lowest BCUT2D eigenvalue weighted by atomic mass is 9.86. The van der Waals surface area contributed by atoms with Crippen LogP contribution in [0.1, 0.15) is 38.4 Å². The summed E-state index contributed by atoms with van der Waals surface area (Å²) in [6.45, 7) is 8.11. The van der Waals surface area contributed by atoms with Gasteiger partial charge in [-0.15, -0.1) is 23.7 Å². The topological polar surface area (TPSA) is 109 Å². The first kappa shape index (κ1) is 25.3. The molecule has 0 spiro atoms. The number of carbonyl (C=O) groups is 2. The monoisotopic (exact) mass is 466 g/mol. The highest BCUT2D eigenvalue weighted by atomic mass is 35.5. The number of carbonyl (C=O) groups excluding carboxylic acids is 2. The molecule has 0 bridgehead atoms. The van der Waals surface area contributed by atoms with Crippen molar-refractivity contribution in [3.05, 3.63) is 41.0 Å². The highest BCUT2D eigenvalue weighted by Crippen LogP contribution is 2.27. The van der Waals surface area contributed by atoms with Crippen LogP contribution in [0.3, 0.4) is 0 Å². The Morgan fingerprint density at radius 2 is 1.97 bits per heavy atom. The van der Waals surface area contributed by atoms with Gasteiger partial charge in [-0.3, -0.25) is 9.59 Å². The van der Waals surface area contributed by atoms with E-state index in [0.717, 1.165) is 21.7 Å². The number of nitrogens with one attached hydrogen (secondary N) is 1. The van der Waals surface area contributed by atoms with E-state index >= 15 is 0 Å². The van der Waals surface area contributed by atoms with Crippen LogP contribution in [0, 0.1) is 12.3 Å². The molecule has 2 amide bonds. The van der Waals surface area contributed by atoms with Crippen molar-refractivity contribution >= 4 is 35.6 Å². The van der Waals surface area contributed by atoms with Gasteiger partial charge in [0.2, 0.25) is 11.8 Å². The second-order valence-corrected chi connectivity index (χ2v) is 9.78. The van der Waals surface area contributed by atoms with E-state index < -0.39 is 23.6 Å². The molecule has 7 nitrogen and oxygen atoms in total. The summed E-state index contributed by atoms with van der Waals surface area (Å²) >= 11 is 1.60. The van der Waals surface area contributed by atoms with E-state index in [1.807, 2.05) is 57.5 Å². The minimum absolute atomic E-state index is 0. The molecule has 1 aromatic heterocycles. The van der Waals surface area contributed by atoms with Crippen molar-refractivity contribution in [2.45, 2.75) is 58.8 Å². The van der Waals surface area contributed by atoms with Gasteiger partial charge >= 0.3 is 0 Å². The van der Waals surface area contributed by atoms with Crippen LogP contribution in [0.15, 0.2) is 29.8 Å². The van der Waals surface area contributed by atoms with E-state index in [1.54, 1.807) is 11.3 Å². The third-order valence-corrected chi connectivity index (χ3v) is 6.47. The highest BCUT2D eigenvalue weighted by molar-refractivity contribution is 7.13. The average Bonchev–Trinajstić information content (AvgIpc) is 3.30. The third kappa shape index (κ3) is 5.83. The van der Waals surface area contributed by atoms with Crippen molar-refractivity contribution in [1.29, 1.82) is 0 Å². The molecule has 3 rings (SSSR count). The van der Waals surface area contributed by atoms with Crippen molar-refractivity contribution in [1.82, 2.24) is 15.2 Å². The summed E-state index contributed by atoms with van der Waals surface area (Å²) in [7, 11) is 0. The second kappa shape index (κ2) is 10.1. The fraction of sp³-hybridized carbons (Fsp3) is 0.500. The summed E-state index contributed by atoms with van der Waals surface area (Å²) in [6, 6.07) is 6.52. The molecular weight excluding hydrogens is 436 g/mol. The first-order valence-corrected chi connectivity index (χ1v) is 11.0. The van der Waals surface area contributed by atoms with Gasteiger partial charge < -0.3 is 21.1 Å². The van der Waals surface area contributed by atoms with Gasteiger partial charge in [0.05, 0.1) is 28.2 Å². The lowest BCUT2D eigenvalue weighted by Crippen LogP contribution is -2.54. The minimum Gasteiger partial charge on any atom is -0.391 e. The van der Waals surface area contributed by atoms with Crippen LogP contribution in [-0.2, 0) is 16.1 Å².